The molecule has 1 rings (SSSR count). The van der Waals surface area contributed by atoms with Crippen molar-refractivity contribution in [2.75, 3.05) is 6.61 Å². The molecule has 0 aromatic heterocycles. The van der Waals surface area contributed by atoms with E-state index in [2.05, 4.69) is 17.6 Å². The number of thiocarbonyl (C=S) groups is 1. The Labute approximate surface area is 99.4 Å². The molecule has 0 heterocycles. The molecule has 82 valence electrons. The number of benzene rings is 1. The van der Waals surface area contributed by atoms with Gasteiger partial charge in [0.05, 0.1) is 0 Å². The highest BCUT2D eigenvalue weighted by atomic mass is 32.1. The number of hydrogen-bond acceptors (Lipinski definition) is 3. The fourth-order valence-electron chi connectivity index (χ4n) is 0.967. The summed E-state index contributed by atoms with van der Waals surface area (Å²) in [5.41, 5.74) is 3.07. The summed E-state index contributed by atoms with van der Waals surface area (Å²) in [5, 5.41) is 2.50. The zero-order chi connectivity index (χ0) is 11.8. The van der Waals surface area contributed by atoms with Crippen molar-refractivity contribution >= 4 is 23.3 Å². The minimum Gasteiger partial charge on any atom is -0.466 e. The Bertz CT molecular complexity index is 422. The van der Waals surface area contributed by atoms with Gasteiger partial charge in [-0.15, -0.1) is 5.73 Å². The van der Waals surface area contributed by atoms with Crippen LogP contribution in [0.2, 0.25) is 0 Å². The maximum absolute atomic E-state index is 11.6. The SMILES string of the molecule is C=C=CCOC(=S)NC(=O)c1ccccc1. The van der Waals surface area contributed by atoms with Crippen LogP contribution in [-0.2, 0) is 4.74 Å². The highest BCUT2D eigenvalue weighted by Gasteiger charge is 2.06. The number of carbonyl (C=O) groups excluding carboxylic acids is 1. The number of ether oxygens (including phenoxy) is 1. The van der Waals surface area contributed by atoms with Crippen molar-refractivity contribution in [3.05, 3.63) is 54.3 Å². The lowest BCUT2D eigenvalue weighted by Gasteiger charge is -2.06. The lowest BCUT2D eigenvalue weighted by Crippen LogP contribution is -2.30. The van der Waals surface area contributed by atoms with Crippen molar-refractivity contribution in [3.8, 4) is 0 Å². The Balaban J connectivity index is 2.46. The second-order valence-corrected chi connectivity index (χ2v) is 3.20. The summed E-state index contributed by atoms with van der Waals surface area (Å²) in [7, 11) is 0. The van der Waals surface area contributed by atoms with Crippen LogP contribution in [0.25, 0.3) is 0 Å². The summed E-state index contributed by atoms with van der Waals surface area (Å²) in [6, 6.07) is 8.78. The Morgan fingerprint density at radius 1 is 1.50 bits per heavy atom. The molecule has 1 amide bonds. The molecule has 0 radical (unpaired) electrons. The Hall–Kier alpha value is -1.90. The highest BCUT2D eigenvalue weighted by Crippen LogP contribution is 1.97. The Morgan fingerprint density at radius 2 is 2.19 bits per heavy atom. The maximum atomic E-state index is 11.6. The van der Waals surface area contributed by atoms with Crippen LogP contribution in [0.1, 0.15) is 10.4 Å². The third kappa shape index (κ3) is 4.09. The van der Waals surface area contributed by atoms with Crippen LogP contribution in [0, 0.1) is 0 Å². The lowest BCUT2D eigenvalue weighted by atomic mass is 10.2. The fraction of sp³-hybridized carbons (Fsp3) is 0.0833. The van der Waals surface area contributed by atoms with Gasteiger partial charge in [-0.05, 0) is 30.4 Å². The first-order chi connectivity index (χ1) is 7.74. The van der Waals surface area contributed by atoms with Crippen molar-refractivity contribution in [3.63, 3.8) is 0 Å². The van der Waals surface area contributed by atoms with E-state index in [1.807, 2.05) is 6.07 Å². The van der Waals surface area contributed by atoms with Gasteiger partial charge in [0.25, 0.3) is 11.1 Å². The van der Waals surface area contributed by atoms with Gasteiger partial charge < -0.3 is 4.74 Å². The fourth-order valence-corrected chi connectivity index (χ4v) is 1.13. The largest absolute Gasteiger partial charge is 0.466 e. The third-order valence-electron chi connectivity index (χ3n) is 1.69. The molecule has 0 aliphatic heterocycles. The number of nitrogens with one attached hydrogen (secondary N) is 1. The first-order valence-electron chi connectivity index (χ1n) is 4.61. The molecule has 1 N–H and O–H groups in total. The van der Waals surface area contributed by atoms with Crippen LogP contribution >= 0.6 is 12.2 Å². The molecule has 0 saturated carbocycles. The van der Waals surface area contributed by atoms with Gasteiger partial charge in [-0.2, -0.15) is 0 Å². The summed E-state index contributed by atoms with van der Waals surface area (Å²) in [6.45, 7) is 3.62. The quantitative estimate of drug-likeness (QED) is 0.641. The predicted molar refractivity (Wildman–Crippen MR) is 66.2 cm³/mol. The number of carbonyl (C=O) groups is 1. The Kier molecular flexibility index (Phi) is 4.99. The molecule has 0 spiro atoms. The van der Waals surface area contributed by atoms with E-state index < -0.39 is 0 Å². The molecule has 0 atom stereocenters. The minimum absolute atomic E-state index is 0.0420. The van der Waals surface area contributed by atoms with Gasteiger partial charge in [-0.1, -0.05) is 24.8 Å². The second kappa shape index (κ2) is 6.56. The molecule has 0 aliphatic carbocycles. The molecule has 0 fully saturated rings. The van der Waals surface area contributed by atoms with E-state index >= 15 is 0 Å². The molecule has 3 nitrogen and oxygen atoms in total. The van der Waals surface area contributed by atoms with Gasteiger partial charge in [0.15, 0.2) is 0 Å². The van der Waals surface area contributed by atoms with Gasteiger partial charge in [0.1, 0.15) is 6.61 Å². The van der Waals surface area contributed by atoms with E-state index in [1.54, 1.807) is 30.3 Å². The third-order valence-corrected chi connectivity index (χ3v) is 1.91. The minimum atomic E-state index is -0.284. The Morgan fingerprint density at radius 3 is 2.81 bits per heavy atom. The molecule has 0 aliphatic rings. The van der Waals surface area contributed by atoms with Crippen LogP contribution in [0.15, 0.2) is 48.7 Å². The first-order valence-corrected chi connectivity index (χ1v) is 5.02. The molecule has 0 bridgehead atoms. The van der Waals surface area contributed by atoms with E-state index in [1.165, 1.54) is 0 Å². The molecular formula is C12H11NO2S. The molecule has 4 heteroatoms. The van der Waals surface area contributed by atoms with Crippen LogP contribution in [0.3, 0.4) is 0 Å². The van der Waals surface area contributed by atoms with Gasteiger partial charge in [0.2, 0.25) is 0 Å². The summed E-state index contributed by atoms with van der Waals surface area (Å²) >= 11 is 4.82. The normalized spacial score (nSPS) is 8.75. The molecule has 1 aromatic carbocycles. The topological polar surface area (TPSA) is 38.3 Å². The summed E-state index contributed by atoms with van der Waals surface area (Å²) < 4.78 is 5.02. The first kappa shape index (κ1) is 12.2. The zero-order valence-electron chi connectivity index (χ0n) is 8.60. The number of rotatable bonds is 3. The van der Waals surface area contributed by atoms with Crippen molar-refractivity contribution in [2.45, 2.75) is 0 Å². The molecular weight excluding hydrogens is 222 g/mol. The summed E-state index contributed by atoms with van der Waals surface area (Å²) in [4.78, 5) is 11.6. The van der Waals surface area contributed by atoms with E-state index in [0.29, 0.717) is 5.56 Å². The summed E-state index contributed by atoms with van der Waals surface area (Å²) in [6.07, 6.45) is 1.57. The molecule has 1 aromatic rings. The van der Waals surface area contributed by atoms with Gasteiger partial charge >= 0.3 is 0 Å². The molecule has 0 unspecified atom stereocenters. The van der Waals surface area contributed by atoms with Crippen molar-refractivity contribution < 1.29 is 9.53 Å². The number of hydrogen-bond donors (Lipinski definition) is 1. The molecule has 16 heavy (non-hydrogen) atoms. The highest BCUT2D eigenvalue weighted by molar-refractivity contribution is 7.80. The van der Waals surface area contributed by atoms with Gasteiger partial charge in [0, 0.05) is 5.56 Å². The average molecular weight is 233 g/mol. The monoisotopic (exact) mass is 233 g/mol. The average Bonchev–Trinajstić information content (AvgIpc) is 2.30. The number of amides is 1. The van der Waals surface area contributed by atoms with E-state index in [-0.39, 0.29) is 17.7 Å². The van der Waals surface area contributed by atoms with E-state index in [9.17, 15) is 4.79 Å². The van der Waals surface area contributed by atoms with Crippen molar-refractivity contribution in [1.82, 2.24) is 5.32 Å². The van der Waals surface area contributed by atoms with Crippen molar-refractivity contribution in [1.29, 1.82) is 0 Å². The second-order valence-electron chi connectivity index (χ2n) is 2.83. The van der Waals surface area contributed by atoms with E-state index in [4.69, 9.17) is 17.0 Å². The van der Waals surface area contributed by atoms with E-state index in [0.717, 1.165) is 0 Å². The summed E-state index contributed by atoms with van der Waals surface area (Å²) in [5.74, 6) is -0.284. The smallest absolute Gasteiger partial charge is 0.264 e. The van der Waals surface area contributed by atoms with Crippen LogP contribution in [0.5, 0.6) is 0 Å². The lowest BCUT2D eigenvalue weighted by molar-refractivity contribution is 0.0969. The zero-order valence-corrected chi connectivity index (χ0v) is 9.42. The maximum Gasteiger partial charge on any atom is 0.264 e. The standard InChI is InChI=1S/C12H11NO2S/c1-2-3-9-15-12(16)13-11(14)10-7-5-4-6-8-10/h3-8H,1,9H2,(H,13,14,16). The van der Waals surface area contributed by atoms with Gasteiger partial charge in [-0.25, -0.2) is 0 Å². The van der Waals surface area contributed by atoms with Crippen LogP contribution in [-0.4, -0.2) is 17.7 Å². The van der Waals surface area contributed by atoms with Crippen molar-refractivity contribution in [2.24, 2.45) is 0 Å². The van der Waals surface area contributed by atoms with Crippen LogP contribution < -0.4 is 5.32 Å². The predicted octanol–water partition coefficient (Wildman–Crippen LogP) is 2.06. The van der Waals surface area contributed by atoms with Gasteiger partial charge in [-0.3, -0.25) is 10.1 Å². The van der Waals surface area contributed by atoms with Crippen LogP contribution in [0.4, 0.5) is 0 Å². The molecule has 0 saturated heterocycles.